The molecule has 0 rings (SSSR count). The molecule has 3 unspecified atom stereocenters. The maximum absolute atomic E-state index is 12.0. The van der Waals surface area contributed by atoms with Crippen molar-refractivity contribution >= 4 is 17.7 Å². The van der Waals surface area contributed by atoms with Crippen molar-refractivity contribution in [3.63, 3.8) is 0 Å². The van der Waals surface area contributed by atoms with Crippen LogP contribution >= 0.6 is 0 Å². The molecule has 0 saturated heterocycles. The lowest BCUT2D eigenvalue weighted by molar-refractivity contribution is -0.147. The van der Waals surface area contributed by atoms with E-state index in [9.17, 15) is 14.4 Å². The third kappa shape index (κ3) is 14.6. The van der Waals surface area contributed by atoms with Crippen LogP contribution in [0.2, 0.25) is 0 Å². The van der Waals surface area contributed by atoms with E-state index in [2.05, 4.69) is 13.8 Å². The lowest BCUT2D eigenvalue weighted by atomic mass is 9.90. The van der Waals surface area contributed by atoms with Crippen LogP contribution in [-0.2, 0) is 23.9 Å². The molecule has 0 aliphatic rings. The molecule has 0 aromatic heterocycles. The molecule has 0 aromatic carbocycles. The predicted molar refractivity (Wildman–Crippen MR) is 112 cm³/mol. The molecule has 0 fully saturated rings. The summed E-state index contributed by atoms with van der Waals surface area (Å²) in [5, 5.41) is 0. The van der Waals surface area contributed by atoms with E-state index in [1.807, 2.05) is 0 Å². The third-order valence-corrected chi connectivity index (χ3v) is 5.36. The Hall–Kier alpha value is -1.39. The number of ether oxygens (including phenoxy) is 2. The molecule has 0 aliphatic heterocycles. The van der Waals surface area contributed by atoms with Crippen LogP contribution in [0.25, 0.3) is 0 Å². The zero-order valence-corrected chi connectivity index (χ0v) is 18.8. The normalized spacial score (nSPS) is 14.2. The monoisotopic (exact) mass is 398 g/mol. The first kappa shape index (κ1) is 26.6. The van der Waals surface area contributed by atoms with Crippen molar-refractivity contribution in [2.45, 2.75) is 111 Å². The Morgan fingerprint density at radius 3 is 1.96 bits per heavy atom. The summed E-state index contributed by atoms with van der Waals surface area (Å²) in [4.78, 5) is 34.6. The van der Waals surface area contributed by atoms with Crippen LogP contribution in [0.5, 0.6) is 0 Å². The number of hydrogen-bond donors (Lipinski definition) is 0. The molecule has 0 saturated carbocycles. The van der Waals surface area contributed by atoms with Crippen LogP contribution < -0.4 is 0 Å². The summed E-state index contributed by atoms with van der Waals surface area (Å²) in [5.74, 6) is 0.277. The summed E-state index contributed by atoms with van der Waals surface area (Å²) in [7, 11) is 1.42. The highest BCUT2D eigenvalue weighted by Crippen LogP contribution is 2.22. The average molecular weight is 399 g/mol. The van der Waals surface area contributed by atoms with E-state index in [0.717, 1.165) is 70.6 Å². The van der Waals surface area contributed by atoms with Crippen molar-refractivity contribution in [1.29, 1.82) is 0 Å². The topological polar surface area (TPSA) is 69.7 Å². The minimum absolute atomic E-state index is 0.0178. The van der Waals surface area contributed by atoms with Crippen LogP contribution in [-0.4, -0.2) is 30.9 Å². The molecule has 0 N–H and O–H groups in total. The number of esters is 2. The molecule has 0 radical (unpaired) electrons. The van der Waals surface area contributed by atoms with Crippen molar-refractivity contribution < 1.29 is 23.9 Å². The fourth-order valence-electron chi connectivity index (χ4n) is 3.62. The van der Waals surface area contributed by atoms with Gasteiger partial charge in [0.15, 0.2) is 0 Å². The first-order chi connectivity index (χ1) is 13.3. The van der Waals surface area contributed by atoms with Crippen LogP contribution in [0.3, 0.4) is 0 Å². The largest absolute Gasteiger partial charge is 0.469 e. The second-order valence-corrected chi connectivity index (χ2v) is 8.14. The van der Waals surface area contributed by atoms with Gasteiger partial charge in [-0.05, 0) is 51.4 Å². The fraction of sp³-hybridized carbons (Fsp3) is 0.870. The third-order valence-electron chi connectivity index (χ3n) is 5.36. The molecule has 0 bridgehead atoms. The minimum atomic E-state index is -0.217. The van der Waals surface area contributed by atoms with E-state index in [4.69, 9.17) is 9.47 Å². The Kier molecular flexibility index (Phi) is 15.7. The minimum Gasteiger partial charge on any atom is -0.469 e. The number of carbonyl (C=O) groups is 3. The summed E-state index contributed by atoms with van der Waals surface area (Å²) in [6.07, 6.45) is 11.2. The highest BCUT2D eigenvalue weighted by Gasteiger charge is 2.17. The number of rotatable bonds is 17. The Morgan fingerprint density at radius 1 is 0.821 bits per heavy atom. The highest BCUT2D eigenvalue weighted by molar-refractivity contribution is 5.78. The number of hydrogen-bond acceptors (Lipinski definition) is 5. The van der Waals surface area contributed by atoms with Gasteiger partial charge < -0.3 is 9.47 Å². The van der Waals surface area contributed by atoms with Gasteiger partial charge in [0, 0.05) is 19.3 Å². The zero-order valence-electron chi connectivity index (χ0n) is 18.8. The molecular formula is C23H42O5. The summed E-state index contributed by atoms with van der Waals surface area (Å²) in [6, 6.07) is 0. The van der Waals surface area contributed by atoms with Gasteiger partial charge in [0.05, 0.1) is 7.11 Å². The van der Waals surface area contributed by atoms with Crippen molar-refractivity contribution in [2.75, 3.05) is 7.11 Å². The first-order valence-corrected chi connectivity index (χ1v) is 11.0. The molecule has 0 aromatic rings. The van der Waals surface area contributed by atoms with E-state index >= 15 is 0 Å². The zero-order chi connectivity index (χ0) is 21.4. The van der Waals surface area contributed by atoms with E-state index in [1.165, 1.54) is 14.0 Å². The Labute approximate surface area is 171 Å². The van der Waals surface area contributed by atoms with Gasteiger partial charge in [0.2, 0.25) is 0 Å². The van der Waals surface area contributed by atoms with Gasteiger partial charge in [-0.15, -0.1) is 0 Å². The molecule has 3 atom stereocenters. The first-order valence-electron chi connectivity index (χ1n) is 11.0. The molecule has 0 spiro atoms. The second kappa shape index (κ2) is 16.6. The van der Waals surface area contributed by atoms with E-state index < -0.39 is 0 Å². The van der Waals surface area contributed by atoms with Gasteiger partial charge in [-0.25, -0.2) is 0 Å². The number of ketones is 1. The maximum Gasteiger partial charge on any atom is 0.305 e. The fourth-order valence-corrected chi connectivity index (χ4v) is 3.62. The Bertz CT molecular complexity index is 446. The molecule has 28 heavy (non-hydrogen) atoms. The van der Waals surface area contributed by atoms with Crippen LogP contribution in [0, 0.1) is 11.8 Å². The number of methoxy groups -OCH3 is 1. The summed E-state index contributed by atoms with van der Waals surface area (Å²) in [6.45, 7) is 7.36. The van der Waals surface area contributed by atoms with Gasteiger partial charge >= 0.3 is 11.9 Å². The van der Waals surface area contributed by atoms with E-state index in [0.29, 0.717) is 12.3 Å². The quantitative estimate of drug-likeness (QED) is 0.234. The van der Waals surface area contributed by atoms with Crippen molar-refractivity contribution in [1.82, 2.24) is 0 Å². The van der Waals surface area contributed by atoms with Crippen molar-refractivity contribution in [3.05, 3.63) is 0 Å². The average Bonchev–Trinajstić information content (AvgIpc) is 2.62. The smallest absolute Gasteiger partial charge is 0.305 e. The number of Topliss-reactive ketones (excluding diaryl/α,β-unsaturated/α-hetero) is 1. The predicted octanol–water partition coefficient (Wildman–Crippen LogP) is 5.63. The number of carbonyl (C=O) groups excluding carboxylic acids is 3. The molecule has 0 heterocycles. The molecule has 0 amide bonds. The molecule has 164 valence electrons. The van der Waals surface area contributed by atoms with Gasteiger partial charge in [-0.2, -0.15) is 0 Å². The SMILES string of the molecule is CCCCCC(CCCC(CCCCC(C)CC(=O)OC)C(C)=O)OC(C)=O. The van der Waals surface area contributed by atoms with E-state index in [-0.39, 0.29) is 29.7 Å². The van der Waals surface area contributed by atoms with Crippen molar-refractivity contribution in [2.24, 2.45) is 11.8 Å². The molecule has 5 heteroatoms. The lowest BCUT2D eigenvalue weighted by Gasteiger charge is -2.19. The van der Waals surface area contributed by atoms with Crippen LogP contribution in [0.15, 0.2) is 0 Å². The Morgan fingerprint density at radius 2 is 1.39 bits per heavy atom. The molecule has 0 aliphatic carbocycles. The second-order valence-electron chi connectivity index (χ2n) is 8.14. The lowest BCUT2D eigenvalue weighted by Crippen LogP contribution is -2.18. The van der Waals surface area contributed by atoms with Gasteiger partial charge in [-0.1, -0.05) is 46.0 Å². The number of unbranched alkanes of at least 4 members (excludes halogenated alkanes) is 3. The van der Waals surface area contributed by atoms with Crippen LogP contribution in [0.1, 0.15) is 105 Å². The summed E-state index contributed by atoms with van der Waals surface area (Å²) >= 11 is 0. The molecular weight excluding hydrogens is 356 g/mol. The van der Waals surface area contributed by atoms with Gasteiger partial charge in [0.1, 0.15) is 11.9 Å². The van der Waals surface area contributed by atoms with E-state index in [1.54, 1.807) is 6.92 Å². The van der Waals surface area contributed by atoms with Gasteiger partial charge in [0.25, 0.3) is 0 Å². The summed E-state index contributed by atoms with van der Waals surface area (Å²) < 4.78 is 10.1. The van der Waals surface area contributed by atoms with Crippen LogP contribution in [0.4, 0.5) is 0 Å². The Balaban J connectivity index is 4.19. The van der Waals surface area contributed by atoms with Gasteiger partial charge in [-0.3, -0.25) is 14.4 Å². The maximum atomic E-state index is 12.0. The van der Waals surface area contributed by atoms with Crippen molar-refractivity contribution in [3.8, 4) is 0 Å². The summed E-state index contributed by atoms with van der Waals surface area (Å²) in [5.41, 5.74) is 0. The highest BCUT2D eigenvalue weighted by atomic mass is 16.5. The standard InChI is InChI=1S/C23H42O5/c1-6-7-8-15-22(28-20(4)25)16-11-14-21(19(3)24)13-10-9-12-18(2)17-23(26)27-5/h18,21-22H,6-17H2,1-5H3. The molecule has 5 nitrogen and oxygen atoms in total.